The fourth-order valence-corrected chi connectivity index (χ4v) is 2.30. The maximum atomic E-state index is 6.06. The van der Waals surface area contributed by atoms with Crippen molar-refractivity contribution in [2.24, 2.45) is 5.73 Å². The summed E-state index contributed by atoms with van der Waals surface area (Å²) in [5.41, 5.74) is 7.12. The average molecular weight is 273 g/mol. The monoisotopic (exact) mass is 273 g/mol. The highest BCUT2D eigenvalue weighted by Crippen LogP contribution is 2.33. The van der Waals surface area contributed by atoms with Crippen molar-refractivity contribution in [2.75, 3.05) is 20.3 Å². The Kier molecular flexibility index (Phi) is 5.39. The molecule has 0 aromatic heterocycles. The zero-order valence-corrected chi connectivity index (χ0v) is 12.3. The number of fused-ring (bicyclic) bond motifs is 1. The Morgan fingerprint density at radius 1 is 1.05 bits per heavy atom. The topological polar surface area (TPSA) is 44.5 Å². The predicted molar refractivity (Wildman–Crippen MR) is 83.2 cm³/mol. The van der Waals surface area contributed by atoms with Crippen LogP contribution in [0.2, 0.25) is 0 Å². The molecule has 20 heavy (non-hydrogen) atoms. The smallest absolute Gasteiger partial charge is 0.131 e. The van der Waals surface area contributed by atoms with Crippen LogP contribution in [0.15, 0.2) is 36.4 Å². The van der Waals surface area contributed by atoms with Gasteiger partial charge in [-0.25, -0.2) is 0 Å². The van der Waals surface area contributed by atoms with E-state index in [1.54, 1.807) is 7.11 Å². The van der Waals surface area contributed by atoms with Gasteiger partial charge in [0.05, 0.1) is 6.61 Å². The fourth-order valence-electron chi connectivity index (χ4n) is 2.30. The van der Waals surface area contributed by atoms with Gasteiger partial charge in [0.25, 0.3) is 0 Å². The van der Waals surface area contributed by atoms with Crippen molar-refractivity contribution in [3.05, 3.63) is 42.0 Å². The van der Waals surface area contributed by atoms with Crippen molar-refractivity contribution in [1.82, 2.24) is 0 Å². The van der Waals surface area contributed by atoms with Gasteiger partial charge in [0, 0.05) is 30.7 Å². The first-order valence-electron chi connectivity index (χ1n) is 7.13. The van der Waals surface area contributed by atoms with E-state index in [0.29, 0.717) is 6.61 Å². The molecule has 2 aromatic rings. The Labute approximate surface area is 120 Å². The highest BCUT2D eigenvalue weighted by molar-refractivity contribution is 5.89. The number of nitrogens with two attached hydrogens (primary N) is 1. The van der Waals surface area contributed by atoms with Gasteiger partial charge in [0.15, 0.2) is 0 Å². The van der Waals surface area contributed by atoms with E-state index < -0.39 is 0 Å². The van der Waals surface area contributed by atoms with E-state index in [-0.39, 0.29) is 6.04 Å². The Morgan fingerprint density at radius 2 is 1.80 bits per heavy atom. The van der Waals surface area contributed by atoms with Crippen molar-refractivity contribution in [3.63, 3.8) is 0 Å². The third-order valence-electron chi connectivity index (χ3n) is 3.39. The van der Waals surface area contributed by atoms with E-state index in [0.717, 1.165) is 36.1 Å². The number of unbranched alkanes of at least 4 members (excludes halogenated alkanes) is 1. The molecule has 0 saturated carbocycles. The van der Waals surface area contributed by atoms with Gasteiger partial charge in [-0.2, -0.15) is 0 Å². The molecule has 3 heteroatoms. The molecule has 2 aromatic carbocycles. The zero-order valence-electron chi connectivity index (χ0n) is 12.3. The third kappa shape index (κ3) is 3.50. The van der Waals surface area contributed by atoms with Crippen LogP contribution in [-0.4, -0.2) is 20.3 Å². The largest absolute Gasteiger partial charge is 0.493 e. The first-order valence-corrected chi connectivity index (χ1v) is 7.13. The molecule has 3 nitrogen and oxygen atoms in total. The van der Waals surface area contributed by atoms with Crippen LogP contribution in [0.25, 0.3) is 10.8 Å². The number of hydrogen-bond donors (Lipinski definition) is 1. The van der Waals surface area contributed by atoms with E-state index in [4.69, 9.17) is 15.2 Å². The van der Waals surface area contributed by atoms with E-state index >= 15 is 0 Å². The number of rotatable bonds is 7. The summed E-state index contributed by atoms with van der Waals surface area (Å²) in [7, 11) is 1.72. The third-order valence-corrected chi connectivity index (χ3v) is 3.39. The lowest BCUT2D eigenvalue weighted by atomic mass is 10.0. The second-order valence-electron chi connectivity index (χ2n) is 5.04. The summed E-state index contributed by atoms with van der Waals surface area (Å²) < 4.78 is 11.1. The lowest BCUT2D eigenvalue weighted by Gasteiger charge is -2.16. The molecule has 0 unspecified atom stereocenters. The molecule has 0 radical (unpaired) electrons. The summed E-state index contributed by atoms with van der Waals surface area (Å²) in [5.74, 6) is 0.926. The summed E-state index contributed by atoms with van der Waals surface area (Å²) in [5, 5.41) is 2.32. The second kappa shape index (κ2) is 7.27. The van der Waals surface area contributed by atoms with E-state index in [9.17, 15) is 0 Å². The molecule has 108 valence electrons. The molecule has 0 saturated heterocycles. The lowest BCUT2D eigenvalue weighted by molar-refractivity contribution is 0.184. The van der Waals surface area contributed by atoms with Crippen LogP contribution in [0, 0.1) is 0 Å². The van der Waals surface area contributed by atoms with Crippen molar-refractivity contribution in [2.45, 2.75) is 25.8 Å². The van der Waals surface area contributed by atoms with Gasteiger partial charge in [-0.15, -0.1) is 0 Å². The Morgan fingerprint density at radius 3 is 2.55 bits per heavy atom. The minimum absolute atomic E-state index is 0.0337. The quantitative estimate of drug-likeness (QED) is 0.783. The molecule has 0 amide bonds. The van der Waals surface area contributed by atoms with Gasteiger partial charge in [-0.1, -0.05) is 36.4 Å². The average Bonchev–Trinajstić information content (AvgIpc) is 2.46. The number of ether oxygens (including phenoxy) is 2. The molecule has 1 atom stereocenters. The molecule has 2 N–H and O–H groups in total. The van der Waals surface area contributed by atoms with Crippen molar-refractivity contribution in [3.8, 4) is 5.75 Å². The van der Waals surface area contributed by atoms with Crippen molar-refractivity contribution < 1.29 is 9.47 Å². The number of methoxy groups -OCH3 is 1. The summed E-state index contributed by atoms with van der Waals surface area (Å²) >= 11 is 0. The van der Waals surface area contributed by atoms with Gasteiger partial charge in [0.2, 0.25) is 0 Å². The second-order valence-corrected chi connectivity index (χ2v) is 5.04. The summed E-state index contributed by atoms with van der Waals surface area (Å²) in [4.78, 5) is 0. The van der Waals surface area contributed by atoms with Gasteiger partial charge in [0.1, 0.15) is 5.75 Å². The molecule has 0 fully saturated rings. The molecule has 0 heterocycles. The maximum absolute atomic E-state index is 6.06. The predicted octanol–water partition coefficient (Wildman–Crippen LogP) is 3.66. The summed E-state index contributed by atoms with van der Waals surface area (Å²) in [6, 6.07) is 12.4. The van der Waals surface area contributed by atoms with Crippen LogP contribution < -0.4 is 10.5 Å². The first kappa shape index (κ1) is 14.8. The standard InChI is InChI=1S/C17H23NO2/c1-13(18)15-10-9-14-7-3-4-8-16(14)17(15)20-12-6-5-11-19-2/h3-4,7-10,13H,5-6,11-12,18H2,1-2H3/t13-/m0/s1. The van der Waals surface area contributed by atoms with Gasteiger partial charge < -0.3 is 15.2 Å². The highest BCUT2D eigenvalue weighted by atomic mass is 16.5. The van der Waals surface area contributed by atoms with E-state index in [2.05, 4.69) is 24.3 Å². The molecule has 0 spiro atoms. The van der Waals surface area contributed by atoms with Crippen molar-refractivity contribution >= 4 is 10.8 Å². The number of hydrogen-bond acceptors (Lipinski definition) is 3. The first-order chi connectivity index (χ1) is 9.74. The van der Waals surface area contributed by atoms with Crippen LogP contribution >= 0.6 is 0 Å². The Hall–Kier alpha value is -1.58. The van der Waals surface area contributed by atoms with Gasteiger partial charge >= 0.3 is 0 Å². The van der Waals surface area contributed by atoms with Gasteiger partial charge in [-0.05, 0) is 25.2 Å². The molecular weight excluding hydrogens is 250 g/mol. The lowest BCUT2D eigenvalue weighted by Crippen LogP contribution is -2.09. The molecule has 0 bridgehead atoms. The van der Waals surface area contributed by atoms with Crippen molar-refractivity contribution in [1.29, 1.82) is 0 Å². The minimum Gasteiger partial charge on any atom is -0.493 e. The molecule has 2 rings (SSSR count). The molecular formula is C17H23NO2. The van der Waals surface area contributed by atoms with Crippen LogP contribution in [0.1, 0.15) is 31.4 Å². The van der Waals surface area contributed by atoms with Crippen LogP contribution in [-0.2, 0) is 4.74 Å². The Bertz CT molecular complexity index is 552. The summed E-state index contributed by atoms with van der Waals surface area (Å²) in [6.45, 7) is 3.46. The maximum Gasteiger partial charge on any atom is 0.131 e. The number of benzene rings is 2. The fraction of sp³-hybridized carbons (Fsp3) is 0.412. The SMILES string of the molecule is COCCCCOc1c([C@H](C)N)ccc2ccccc12. The van der Waals surface area contributed by atoms with Gasteiger partial charge in [-0.3, -0.25) is 0 Å². The summed E-state index contributed by atoms with van der Waals surface area (Å²) in [6.07, 6.45) is 1.99. The van der Waals surface area contributed by atoms with Crippen LogP contribution in [0.4, 0.5) is 0 Å². The zero-order chi connectivity index (χ0) is 14.4. The highest BCUT2D eigenvalue weighted by Gasteiger charge is 2.11. The van der Waals surface area contributed by atoms with E-state index in [1.165, 1.54) is 5.39 Å². The Balaban J connectivity index is 2.21. The molecule has 0 aliphatic rings. The minimum atomic E-state index is -0.0337. The van der Waals surface area contributed by atoms with Crippen LogP contribution in [0.3, 0.4) is 0 Å². The van der Waals surface area contributed by atoms with E-state index in [1.807, 2.05) is 19.1 Å². The molecule has 0 aliphatic heterocycles. The molecule has 0 aliphatic carbocycles. The normalized spacial score (nSPS) is 12.6. The van der Waals surface area contributed by atoms with Crippen LogP contribution in [0.5, 0.6) is 5.75 Å².